The molecule has 28 heavy (non-hydrogen) atoms. The van der Waals surface area contributed by atoms with E-state index in [1.54, 1.807) is 13.1 Å². The maximum absolute atomic E-state index is 12.6. The molecule has 0 radical (unpaired) electrons. The number of benzene rings is 1. The van der Waals surface area contributed by atoms with Crippen LogP contribution in [0.5, 0.6) is 0 Å². The van der Waals surface area contributed by atoms with Crippen molar-refractivity contribution in [1.82, 2.24) is 25.3 Å². The number of carbonyl (C=O) groups is 3. The Bertz CT molecular complexity index is 906. The van der Waals surface area contributed by atoms with Gasteiger partial charge in [-0.2, -0.15) is 5.10 Å². The first-order valence-electron chi connectivity index (χ1n) is 9.42. The van der Waals surface area contributed by atoms with Crippen LogP contribution in [0.1, 0.15) is 30.9 Å². The first kappa shape index (κ1) is 18.2. The molecular weight excluding hydrogens is 358 g/mol. The summed E-state index contributed by atoms with van der Waals surface area (Å²) in [7, 11) is 0. The van der Waals surface area contributed by atoms with Crippen LogP contribution in [0.25, 0.3) is 0 Å². The predicted octanol–water partition coefficient (Wildman–Crippen LogP) is 1.27. The second-order valence-electron chi connectivity index (χ2n) is 7.55. The molecule has 8 nitrogen and oxygen atoms in total. The first-order chi connectivity index (χ1) is 13.5. The minimum Gasteiger partial charge on any atom is -0.350 e. The number of imide groups is 1. The zero-order valence-corrected chi connectivity index (χ0v) is 15.7. The van der Waals surface area contributed by atoms with E-state index in [1.165, 1.54) is 0 Å². The molecule has 1 aliphatic carbocycles. The van der Waals surface area contributed by atoms with E-state index in [1.807, 2.05) is 41.2 Å². The third-order valence-corrected chi connectivity index (χ3v) is 5.48. The summed E-state index contributed by atoms with van der Waals surface area (Å²) in [6.07, 6.45) is 5.45. The first-order valence-corrected chi connectivity index (χ1v) is 9.42. The minimum absolute atomic E-state index is 0.172. The van der Waals surface area contributed by atoms with E-state index in [0.29, 0.717) is 13.1 Å². The maximum Gasteiger partial charge on any atom is 0.325 e. The molecule has 2 fully saturated rings. The Morgan fingerprint density at radius 1 is 1.25 bits per heavy atom. The Balaban J connectivity index is 1.36. The highest BCUT2D eigenvalue weighted by Crippen LogP contribution is 2.42. The largest absolute Gasteiger partial charge is 0.350 e. The summed E-state index contributed by atoms with van der Waals surface area (Å²) < 4.78 is 1.81. The molecule has 8 heteroatoms. The molecular formula is C20H23N5O3. The fourth-order valence-corrected chi connectivity index (χ4v) is 3.64. The minimum atomic E-state index is -0.867. The Kier molecular flexibility index (Phi) is 4.62. The van der Waals surface area contributed by atoms with E-state index in [0.717, 1.165) is 28.9 Å². The smallest absolute Gasteiger partial charge is 0.325 e. The predicted molar refractivity (Wildman–Crippen MR) is 101 cm³/mol. The van der Waals surface area contributed by atoms with Gasteiger partial charge in [0.05, 0.1) is 6.54 Å². The topological polar surface area (TPSA) is 96.3 Å². The van der Waals surface area contributed by atoms with Crippen molar-refractivity contribution in [3.63, 3.8) is 0 Å². The molecule has 1 aromatic carbocycles. The molecule has 1 aliphatic heterocycles. The fourth-order valence-electron chi connectivity index (χ4n) is 3.64. The van der Waals surface area contributed by atoms with Gasteiger partial charge in [-0.15, -0.1) is 0 Å². The van der Waals surface area contributed by atoms with Crippen molar-refractivity contribution in [2.24, 2.45) is 5.92 Å². The molecule has 1 saturated heterocycles. The third-order valence-electron chi connectivity index (χ3n) is 5.48. The number of hydrogen-bond acceptors (Lipinski definition) is 4. The number of carbonyl (C=O) groups excluding carboxylic acids is 3. The van der Waals surface area contributed by atoms with Crippen LogP contribution < -0.4 is 10.6 Å². The molecule has 4 rings (SSSR count). The zero-order chi connectivity index (χ0) is 19.7. The summed E-state index contributed by atoms with van der Waals surface area (Å²) in [5, 5.41) is 9.78. The van der Waals surface area contributed by atoms with E-state index < -0.39 is 11.6 Å². The van der Waals surface area contributed by atoms with Gasteiger partial charge in [0, 0.05) is 18.9 Å². The van der Waals surface area contributed by atoms with Crippen LogP contribution in [0.4, 0.5) is 4.79 Å². The summed E-state index contributed by atoms with van der Waals surface area (Å²) in [5.41, 5.74) is 1.14. The van der Waals surface area contributed by atoms with Crippen molar-refractivity contribution in [2.45, 2.75) is 38.4 Å². The molecule has 0 spiro atoms. The molecule has 1 atom stereocenters. The highest BCUT2D eigenvalue weighted by molar-refractivity contribution is 6.09. The van der Waals surface area contributed by atoms with Crippen molar-refractivity contribution in [3.05, 3.63) is 53.9 Å². The van der Waals surface area contributed by atoms with Crippen molar-refractivity contribution in [2.75, 3.05) is 6.54 Å². The molecule has 0 bridgehead atoms. The third kappa shape index (κ3) is 3.49. The molecule has 2 aromatic rings. The molecule has 2 heterocycles. The van der Waals surface area contributed by atoms with Crippen LogP contribution in [-0.4, -0.2) is 44.6 Å². The second kappa shape index (κ2) is 7.10. The van der Waals surface area contributed by atoms with Gasteiger partial charge in [0.15, 0.2) is 0 Å². The van der Waals surface area contributed by atoms with Gasteiger partial charge in [-0.25, -0.2) is 4.79 Å². The van der Waals surface area contributed by atoms with E-state index in [4.69, 9.17) is 0 Å². The molecule has 4 amide bonds. The highest BCUT2D eigenvalue weighted by Gasteiger charge is 2.56. The van der Waals surface area contributed by atoms with Gasteiger partial charge in [-0.3, -0.25) is 19.2 Å². The second-order valence-corrected chi connectivity index (χ2v) is 7.55. The van der Waals surface area contributed by atoms with Crippen molar-refractivity contribution >= 4 is 17.8 Å². The molecule has 1 saturated carbocycles. The summed E-state index contributed by atoms with van der Waals surface area (Å²) in [6.45, 7) is 2.40. The van der Waals surface area contributed by atoms with Crippen LogP contribution >= 0.6 is 0 Å². The van der Waals surface area contributed by atoms with E-state index >= 15 is 0 Å². The van der Waals surface area contributed by atoms with Crippen LogP contribution in [0.2, 0.25) is 0 Å². The van der Waals surface area contributed by atoms with Gasteiger partial charge in [-0.1, -0.05) is 24.3 Å². The lowest BCUT2D eigenvalue weighted by Gasteiger charge is -2.20. The van der Waals surface area contributed by atoms with Gasteiger partial charge in [-0.05, 0) is 42.9 Å². The lowest BCUT2D eigenvalue weighted by atomic mass is 9.96. The summed E-state index contributed by atoms with van der Waals surface area (Å²) >= 11 is 0. The van der Waals surface area contributed by atoms with Crippen LogP contribution in [-0.2, 0) is 22.7 Å². The maximum atomic E-state index is 12.6. The highest BCUT2D eigenvalue weighted by atomic mass is 16.2. The quantitative estimate of drug-likeness (QED) is 0.706. The van der Waals surface area contributed by atoms with Crippen molar-refractivity contribution in [3.8, 4) is 0 Å². The van der Waals surface area contributed by atoms with E-state index in [2.05, 4.69) is 15.7 Å². The van der Waals surface area contributed by atoms with Gasteiger partial charge in [0.25, 0.3) is 5.91 Å². The van der Waals surface area contributed by atoms with Gasteiger partial charge < -0.3 is 10.6 Å². The summed E-state index contributed by atoms with van der Waals surface area (Å²) in [6, 6.07) is 9.15. The van der Waals surface area contributed by atoms with Gasteiger partial charge in [0.2, 0.25) is 5.91 Å². The van der Waals surface area contributed by atoms with Gasteiger partial charge in [0.1, 0.15) is 12.1 Å². The summed E-state index contributed by atoms with van der Waals surface area (Å²) in [5.74, 6) is -0.502. The van der Waals surface area contributed by atoms with Crippen molar-refractivity contribution < 1.29 is 14.4 Å². The van der Waals surface area contributed by atoms with Crippen LogP contribution in [0, 0.1) is 5.92 Å². The average molecular weight is 381 g/mol. The number of nitrogens with zero attached hydrogens (tertiary/aromatic N) is 3. The average Bonchev–Trinajstić information content (AvgIpc) is 3.38. The Labute approximate surface area is 162 Å². The lowest BCUT2D eigenvalue weighted by Crippen LogP contribution is -2.47. The zero-order valence-electron chi connectivity index (χ0n) is 15.7. The Hall–Kier alpha value is -3.16. The fraction of sp³-hybridized carbons (Fsp3) is 0.400. The molecule has 1 unspecified atom stereocenters. The normalized spacial score (nSPS) is 21.7. The standard InChI is InChI=1S/C20H23N5O3/c1-20(16-7-8-16)18(27)25(19(28)23-20)13-17(26)21-11-14-5-2-3-6-15(14)12-24-10-4-9-22-24/h2-6,9-10,16H,7-8,11-13H2,1H3,(H,21,26)(H,23,28). The van der Waals surface area contributed by atoms with E-state index in [-0.39, 0.29) is 24.3 Å². The number of aromatic nitrogens is 2. The lowest BCUT2D eigenvalue weighted by molar-refractivity contribution is -0.135. The number of hydrogen-bond donors (Lipinski definition) is 2. The Morgan fingerprint density at radius 2 is 2.00 bits per heavy atom. The van der Waals surface area contributed by atoms with Crippen LogP contribution in [0.15, 0.2) is 42.7 Å². The molecule has 1 aromatic heterocycles. The number of urea groups is 1. The molecule has 2 N–H and O–H groups in total. The summed E-state index contributed by atoms with van der Waals surface area (Å²) in [4.78, 5) is 38.2. The SMILES string of the molecule is CC1(C2CC2)NC(=O)N(CC(=O)NCc2ccccc2Cn2cccn2)C1=O. The van der Waals surface area contributed by atoms with E-state index in [9.17, 15) is 14.4 Å². The number of rotatable bonds is 7. The number of amides is 4. The Morgan fingerprint density at radius 3 is 2.68 bits per heavy atom. The molecule has 2 aliphatic rings. The molecule has 146 valence electrons. The van der Waals surface area contributed by atoms with Gasteiger partial charge >= 0.3 is 6.03 Å². The van der Waals surface area contributed by atoms with Crippen molar-refractivity contribution in [1.29, 1.82) is 0 Å². The monoisotopic (exact) mass is 381 g/mol. The number of nitrogens with one attached hydrogen (secondary N) is 2. The van der Waals surface area contributed by atoms with Crippen LogP contribution in [0.3, 0.4) is 0 Å².